The van der Waals surface area contributed by atoms with Crippen molar-refractivity contribution in [1.29, 1.82) is 0 Å². The van der Waals surface area contributed by atoms with Crippen molar-refractivity contribution in [2.75, 3.05) is 7.11 Å². The molecule has 0 aromatic heterocycles. The summed E-state index contributed by atoms with van der Waals surface area (Å²) in [6.07, 6.45) is 1.52. The topological polar surface area (TPSA) is 62.0 Å². The molecule has 0 aliphatic heterocycles. The highest BCUT2D eigenvalue weighted by atomic mass is 79.9. The summed E-state index contributed by atoms with van der Waals surface area (Å²) in [4.78, 5) is 4.28. The van der Waals surface area contributed by atoms with Crippen molar-refractivity contribution >= 4 is 59.7 Å². The molecule has 2 N–H and O–H groups in total. The van der Waals surface area contributed by atoms with Crippen LogP contribution < -0.4 is 4.74 Å². The van der Waals surface area contributed by atoms with Crippen LogP contribution >= 0.6 is 47.8 Å². The smallest absolute Gasteiger partial charge is 0.166 e. The molecule has 21 heavy (non-hydrogen) atoms. The lowest BCUT2D eigenvalue weighted by atomic mass is 10.2. The van der Waals surface area contributed by atoms with E-state index in [4.69, 9.17) is 4.74 Å². The SMILES string of the molecule is COc1cc(Br)cc(C=Nc2cc(Br)c(O)c(Br)c2)c1O. The Morgan fingerprint density at radius 3 is 2.19 bits per heavy atom. The number of hydrogen-bond acceptors (Lipinski definition) is 4. The van der Waals surface area contributed by atoms with Crippen molar-refractivity contribution in [3.05, 3.63) is 43.2 Å². The van der Waals surface area contributed by atoms with Crippen molar-refractivity contribution < 1.29 is 14.9 Å². The van der Waals surface area contributed by atoms with E-state index < -0.39 is 0 Å². The maximum absolute atomic E-state index is 10.0. The van der Waals surface area contributed by atoms with Crippen LogP contribution in [0.5, 0.6) is 17.2 Å². The molecule has 0 atom stereocenters. The van der Waals surface area contributed by atoms with Crippen molar-refractivity contribution in [1.82, 2.24) is 0 Å². The summed E-state index contributed by atoms with van der Waals surface area (Å²) in [6, 6.07) is 6.73. The van der Waals surface area contributed by atoms with E-state index in [0.29, 0.717) is 25.9 Å². The van der Waals surface area contributed by atoms with Gasteiger partial charge in [-0.15, -0.1) is 0 Å². The van der Waals surface area contributed by atoms with Crippen LogP contribution in [-0.4, -0.2) is 23.5 Å². The second-order valence-corrected chi connectivity index (χ2v) is 6.69. The van der Waals surface area contributed by atoms with E-state index in [1.807, 2.05) is 0 Å². The number of rotatable bonds is 3. The van der Waals surface area contributed by atoms with Gasteiger partial charge in [0.25, 0.3) is 0 Å². The van der Waals surface area contributed by atoms with Crippen LogP contribution in [0.3, 0.4) is 0 Å². The molecule has 0 unspecified atom stereocenters. The number of halogens is 3. The number of benzene rings is 2. The van der Waals surface area contributed by atoms with Crippen LogP contribution in [0.1, 0.15) is 5.56 Å². The molecule has 4 nitrogen and oxygen atoms in total. The maximum Gasteiger partial charge on any atom is 0.166 e. The van der Waals surface area contributed by atoms with Gasteiger partial charge in [-0.05, 0) is 56.1 Å². The number of aromatic hydroxyl groups is 2. The molecule has 110 valence electrons. The van der Waals surface area contributed by atoms with E-state index in [1.165, 1.54) is 13.3 Å². The third kappa shape index (κ3) is 3.78. The lowest BCUT2D eigenvalue weighted by Gasteiger charge is -2.07. The second kappa shape index (κ2) is 6.81. The number of hydrogen-bond donors (Lipinski definition) is 2. The summed E-state index contributed by atoms with van der Waals surface area (Å²) >= 11 is 9.83. The Kier molecular flexibility index (Phi) is 5.29. The largest absolute Gasteiger partial charge is 0.506 e. The summed E-state index contributed by atoms with van der Waals surface area (Å²) in [6.45, 7) is 0. The molecule has 0 spiro atoms. The van der Waals surface area contributed by atoms with Gasteiger partial charge in [0.2, 0.25) is 0 Å². The molecule has 0 fully saturated rings. The fraction of sp³-hybridized carbons (Fsp3) is 0.0714. The Bertz CT molecular complexity index is 694. The van der Waals surface area contributed by atoms with E-state index in [0.717, 1.165) is 4.47 Å². The fourth-order valence-corrected chi connectivity index (χ4v) is 3.24. The van der Waals surface area contributed by atoms with Crippen LogP contribution in [0.25, 0.3) is 0 Å². The van der Waals surface area contributed by atoms with Crippen LogP contribution in [0.2, 0.25) is 0 Å². The Morgan fingerprint density at radius 2 is 1.62 bits per heavy atom. The molecule has 0 bridgehead atoms. The summed E-state index contributed by atoms with van der Waals surface area (Å²) in [5.41, 5.74) is 1.13. The van der Waals surface area contributed by atoms with Gasteiger partial charge in [0.05, 0.1) is 21.7 Å². The number of methoxy groups -OCH3 is 1. The summed E-state index contributed by atoms with van der Waals surface area (Å²) in [5.74, 6) is 0.487. The normalized spacial score (nSPS) is 11.0. The number of phenols is 2. The van der Waals surface area contributed by atoms with Crippen LogP contribution in [0, 0.1) is 0 Å². The fourth-order valence-electron chi connectivity index (χ4n) is 1.62. The Balaban J connectivity index is 2.40. The molecule has 0 radical (unpaired) electrons. The average molecular weight is 480 g/mol. The van der Waals surface area contributed by atoms with Crippen molar-refractivity contribution in [2.45, 2.75) is 0 Å². The lowest BCUT2D eigenvalue weighted by Crippen LogP contribution is -1.89. The zero-order valence-electron chi connectivity index (χ0n) is 10.8. The molecular formula is C14H10Br3NO3. The first kappa shape index (κ1) is 16.3. The van der Waals surface area contributed by atoms with Gasteiger partial charge in [-0.25, -0.2) is 0 Å². The number of ether oxygens (including phenoxy) is 1. The molecule has 0 heterocycles. The zero-order chi connectivity index (χ0) is 15.6. The molecule has 2 aromatic carbocycles. The third-order valence-electron chi connectivity index (χ3n) is 2.64. The van der Waals surface area contributed by atoms with Crippen molar-refractivity contribution in [3.8, 4) is 17.2 Å². The van der Waals surface area contributed by atoms with E-state index in [9.17, 15) is 10.2 Å². The summed E-state index contributed by atoms with van der Waals surface area (Å²) < 4.78 is 6.91. The van der Waals surface area contributed by atoms with E-state index in [2.05, 4.69) is 52.8 Å². The van der Waals surface area contributed by atoms with Gasteiger partial charge >= 0.3 is 0 Å². The monoisotopic (exact) mass is 477 g/mol. The van der Waals surface area contributed by atoms with Crippen molar-refractivity contribution in [3.63, 3.8) is 0 Å². The predicted octanol–water partition coefficient (Wildman–Crippen LogP) is 5.14. The van der Waals surface area contributed by atoms with Crippen LogP contribution in [0.4, 0.5) is 5.69 Å². The molecule has 2 aromatic rings. The molecule has 7 heteroatoms. The van der Waals surface area contributed by atoms with E-state index in [-0.39, 0.29) is 11.5 Å². The quantitative estimate of drug-likeness (QED) is 0.599. The summed E-state index contributed by atoms with van der Waals surface area (Å²) in [7, 11) is 1.48. The van der Waals surface area contributed by atoms with E-state index in [1.54, 1.807) is 24.3 Å². The van der Waals surface area contributed by atoms with Crippen molar-refractivity contribution in [2.24, 2.45) is 4.99 Å². The predicted molar refractivity (Wildman–Crippen MR) is 93.1 cm³/mol. The number of aliphatic imine (C=N–C) groups is 1. The minimum atomic E-state index is 0.0151. The van der Waals surface area contributed by atoms with Crippen LogP contribution in [-0.2, 0) is 0 Å². The molecular weight excluding hydrogens is 470 g/mol. The maximum atomic E-state index is 10.0. The van der Waals surface area contributed by atoms with Gasteiger partial charge < -0.3 is 14.9 Å². The highest BCUT2D eigenvalue weighted by Crippen LogP contribution is 2.37. The van der Waals surface area contributed by atoms with Gasteiger partial charge in [-0.3, -0.25) is 4.99 Å². The third-order valence-corrected chi connectivity index (χ3v) is 4.31. The minimum Gasteiger partial charge on any atom is -0.506 e. The average Bonchev–Trinajstić information content (AvgIpc) is 2.45. The Labute approximate surface area is 146 Å². The van der Waals surface area contributed by atoms with Crippen LogP contribution in [0.15, 0.2) is 42.7 Å². The molecule has 0 aliphatic carbocycles. The first-order chi connectivity index (χ1) is 9.92. The Hall–Kier alpha value is -1.05. The highest BCUT2D eigenvalue weighted by molar-refractivity contribution is 9.11. The number of nitrogens with zero attached hydrogens (tertiary/aromatic N) is 1. The van der Waals surface area contributed by atoms with Gasteiger partial charge in [0.1, 0.15) is 5.75 Å². The molecule has 0 saturated carbocycles. The summed E-state index contributed by atoms with van der Waals surface area (Å²) in [5, 5.41) is 19.7. The highest BCUT2D eigenvalue weighted by Gasteiger charge is 2.09. The molecule has 2 rings (SSSR count). The first-order valence-corrected chi connectivity index (χ1v) is 8.09. The van der Waals surface area contributed by atoms with Gasteiger partial charge in [0, 0.05) is 16.3 Å². The lowest BCUT2D eigenvalue weighted by molar-refractivity contribution is 0.373. The molecule has 0 amide bonds. The first-order valence-electron chi connectivity index (χ1n) is 5.71. The molecule has 0 aliphatic rings. The second-order valence-electron chi connectivity index (χ2n) is 4.06. The molecule has 0 saturated heterocycles. The van der Waals surface area contributed by atoms with E-state index >= 15 is 0 Å². The van der Waals surface area contributed by atoms with Gasteiger partial charge in [0.15, 0.2) is 11.5 Å². The standard InChI is InChI=1S/C14H10Br3NO3/c1-21-12-3-8(15)2-7(13(12)19)6-18-9-4-10(16)14(20)11(17)5-9/h2-6,19-20H,1H3. The van der Waals surface area contributed by atoms with Gasteiger partial charge in [-0.2, -0.15) is 0 Å². The zero-order valence-corrected chi connectivity index (χ0v) is 15.5. The minimum absolute atomic E-state index is 0.0151. The Morgan fingerprint density at radius 1 is 1.00 bits per heavy atom. The number of phenolic OH excluding ortho intramolecular Hbond substituents is 2. The van der Waals surface area contributed by atoms with Gasteiger partial charge in [-0.1, -0.05) is 15.9 Å².